The van der Waals surface area contributed by atoms with Crippen LogP contribution < -0.4 is 0 Å². The number of rotatable bonds is 4. The van der Waals surface area contributed by atoms with Crippen molar-refractivity contribution in [2.24, 2.45) is 0 Å². The van der Waals surface area contributed by atoms with Gasteiger partial charge in [-0.05, 0) is 19.1 Å². The van der Waals surface area contributed by atoms with Gasteiger partial charge in [-0.15, -0.1) is 0 Å². The summed E-state index contributed by atoms with van der Waals surface area (Å²) in [4.78, 5) is 0.749. The molecular weight excluding hydrogens is 364 g/mol. The molecule has 4 rings (SSSR count). The predicted octanol–water partition coefficient (Wildman–Crippen LogP) is 2.74. The average Bonchev–Trinajstić information content (AvgIpc) is 2.69. The van der Waals surface area contributed by atoms with Crippen molar-refractivity contribution >= 4 is 10.8 Å². The molecule has 0 aromatic heterocycles. The maximum absolute atomic E-state index is 12.6. The molecule has 0 amide bonds. The SMILES string of the molecule is Cc1ccc([S@@](=O)C[C@@H]2O[C@@H]3COC(c4ccccc4)O[C@H]3C[C@H]2O)cc1. The van der Waals surface area contributed by atoms with E-state index < -0.39 is 29.3 Å². The van der Waals surface area contributed by atoms with Gasteiger partial charge in [0.1, 0.15) is 6.10 Å². The van der Waals surface area contributed by atoms with Gasteiger partial charge in [-0.1, -0.05) is 48.0 Å². The number of aliphatic hydroxyl groups excluding tert-OH is 1. The molecule has 0 spiro atoms. The number of ether oxygens (including phenoxy) is 3. The van der Waals surface area contributed by atoms with Crippen LogP contribution in [0.5, 0.6) is 0 Å². The van der Waals surface area contributed by atoms with Crippen molar-refractivity contribution in [1.29, 1.82) is 0 Å². The molecule has 0 radical (unpaired) electrons. The fourth-order valence-electron chi connectivity index (χ4n) is 3.49. The molecule has 2 aliphatic rings. The van der Waals surface area contributed by atoms with E-state index in [0.29, 0.717) is 13.0 Å². The number of aryl methyl sites for hydroxylation is 1. The van der Waals surface area contributed by atoms with E-state index in [2.05, 4.69) is 0 Å². The molecule has 6 heteroatoms. The Labute approximate surface area is 161 Å². The summed E-state index contributed by atoms with van der Waals surface area (Å²) in [5, 5.41) is 10.5. The first-order chi connectivity index (χ1) is 13.1. The Bertz CT molecular complexity index is 779. The Kier molecular flexibility index (Phi) is 5.71. The molecule has 0 aliphatic carbocycles. The van der Waals surface area contributed by atoms with Crippen molar-refractivity contribution in [3.63, 3.8) is 0 Å². The molecule has 2 aromatic rings. The molecule has 27 heavy (non-hydrogen) atoms. The van der Waals surface area contributed by atoms with Gasteiger partial charge < -0.3 is 19.3 Å². The lowest BCUT2D eigenvalue weighted by atomic mass is 9.98. The first kappa shape index (κ1) is 18.8. The van der Waals surface area contributed by atoms with Crippen LogP contribution in [0, 0.1) is 6.92 Å². The van der Waals surface area contributed by atoms with Crippen molar-refractivity contribution in [2.75, 3.05) is 12.4 Å². The average molecular weight is 388 g/mol. The third kappa shape index (κ3) is 4.31. The van der Waals surface area contributed by atoms with Crippen LogP contribution in [-0.4, -0.2) is 46.1 Å². The molecule has 2 saturated heterocycles. The van der Waals surface area contributed by atoms with Crippen molar-refractivity contribution in [3.8, 4) is 0 Å². The number of hydrogen-bond acceptors (Lipinski definition) is 5. The summed E-state index contributed by atoms with van der Waals surface area (Å²) >= 11 is 0. The second-order valence-electron chi connectivity index (χ2n) is 7.09. The highest BCUT2D eigenvalue weighted by atomic mass is 32.2. The fraction of sp³-hybridized carbons (Fsp3) is 0.429. The Balaban J connectivity index is 1.38. The van der Waals surface area contributed by atoms with E-state index in [1.807, 2.05) is 61.5 Å². The molecule has 5 nitrogen and oxygen atoms in total. The maximum atomic E-state index is 12.6. The van der Waals surface area contributed by atoms with Crippen LogP contribution in [0.2, 0.25) is 0 Å². The van der Waals surface area contributed by atoms with Gasteiger partial charge >= 0.3 is 0 Å². The Morgan fingerprint density at radius 3 is 2.52 bits per heavy atom. The molecule has 144 valence electrons. The van der Waals surface area contributed by atoms with Gasteiger partial charge in [0.2, 0.25) is 0 Å². The van der Waals surface area contributed by atoms with Gasteiger partial charge in [-0.25, -0.2) is 0 Å². The summed E-state index contributed by atoms with van der Waals surface area (Å²) in [6.45, 7) is 2.39. The summed E-state index contributed by atoms with van der Waals surface area (Å²) in [5.41, 5.74) is 2.07. The van der Waals surface area contributed by atoms with Crippen molar-refractivity contribution in [3.05, 3.63) is 65.7 Å². The monoisotopic (exact) mass is 388 g/mol. The Morgan fingerprint density at radius 2 is 1.78 bits per heavy atom. The van der Waals surface area contributed by atoms with Crippen LogP contribution in [0.15, 0.2) is 59.5 Å². The maximum Gasteiger partial charge on any atom is 0.184 e. The highest BCUT2D eigenvalue weighted by Gasteiger charge is 2.43. The van der Waals surface area contributed by atoms with Gasteiger partial charge in [0.15, 0.2) is 6.29 Å². The zero-order chi connectivity index (χ0) is 18.8. The Morgan fingerprint density at radius 1 is 1.04 bits per heavy atom. The molecule has 0 bridgehead atoms. The minimum Gasteiger partial charge on any atom is -0.390 e. The second kappa shape index (κ2) is 8.20. The zero-order valence-electron chi connectivity index (χ0n) is 15.2. The fourth-order valence-corrected chi connectivity index (χ4v) is 4.72. The molecule has 1 unspecified atom stereocenters. The third-order valence-corrected chi connectivity index (χ3v) is 6.48. The largest absolute Gasteiger partial charge is 0.390 e. The van der Waals surface area contributed by atoms with Crippen LogP contribution in [0.25, 0.3) is 0 Å². The van der Waals surface area contributed by atoms with Gasteiger partial charge in [-0.3, -0.25) is 4.21 Å². The summed E-state index contributed by atoms with van der Waals surface area (Å²) in [5.74, 6) is 0.259. The molecule has 2 fully saturated rings. The highest BCUT2D eigenvalue weighted by Crippen LogP contribution is 2.34. The van der Waals surface area contributed by atoms with Crippen LogP contribution in [-0.2, 0) is 25.0 Å². The lowest BCUT2D eigenvalue weighted by molar-refractivity contribution is -0.299. The zero-order valence-corrected chi connectivity index (χ0v) is 16.0. The molecule has 2 heterocycles. The lowest BCUT2D eigenvalue weighted by Crippen LogP contribution is -2.54. The molecule has 2 aromatic carbocycles. The van der Waals surface area contributed by atoms with E-state index in [1.165, 1.54) is 0 Å². The predicted molar refractivity (Wildman–Crippen MR) is 102 cm³/mol. The first-order valence-corrected chi connectivity index (χ1v) is 10.5. The van der Waals surface area contributed by atoms with E-state index in [9.17, 15) is 9.32 Å². The van der Waals surface area contributed by atoms with Crippen LogP contribution >= 0.6 is 0 Å². The molecular formula is C21H24O5S. The summed E-state index contributed by atoms with van der Waals surface area (Å²) < 4.78 is 30.5. The minimum atomic E-state index is -1.23. The normalized spacial score (nSPS) is 31.9. The van der Waals surface area contributed by atoms with Crippen LogP contribution in [0.1, 0.15) is 23.8 Å². The van der Waals surface area contributed by atoms with Gasteiger partial charge in [0, 0.05) is 16.9 Å². The van der Waals surface area contributed by atoms with E-state index >= 15 is 0 Å². The summed E-state index contributed by atoms with van der Waals surface area (Å²) in [7, 11) is -1.23. The third-order valence-electron chi connectivity index (χ3n) is 5.05. The van der Waals surface area contributed by atoms with E-state index in [1.54, 1.807) is 0 Å². The number of hydrogen-bond donors (Lipinski definition) is 1. The lowest BCUT2D eigenvalue weighted by Gasteiger charge is -2.43. The Hall–Kier alpha value is -1.57. The highest BCUT2D eigenvalue weighted by molar-refractivity contribution is 7.85. The topological polar surface area (TPSA) is 65.0 Å². The molecule has 2 aliphatic heterocycles. The van der Waals surface area contributed by atoms with Crippen molar-refractivity contribution in [1.82, 2.24) is 0 Å². The van der Waals surface area contributed by atoms with E-state index in [0.717, 1.165) is 16.0 Å². The van der Waals surface area contributed by atoms with E-state index in [-0.39, 0.29) is 18.0 Å². The smallest absolute Gasteiger partial charge is 0.184 e. The van der Waals surface area contributed by atoms with Gasteiger partial charge in [0.05, 0.1) is 41.5 Å². The minimum absolute atomic E-state index is 0.233. The second-order valence-corrected chi connectivity index (χ2v) is 8.59. The number of benzene rings is 2. The molecule has 0 saturated carbocycles. The van der Waals surface area contributed by atoms with E-state index in [4.69, 9.17) is 14.2 Å². The van der Waals surface area contributed by atoms with Gasteiger partial charge in [-0.2, -0.15) is 0 Å². The van der Waals surface area contributed by atoms with Crippen molar-refractivity contribution < 1.29 is 23.5 Å². The number of aliphatic hydroxyl groups is 1. The standard InChI is InChI=1S/C21H24O5S/c1-14-7-9-16(10-8-14)27(23)13-20-17(22)11-18-19(25-20)12-24-21(26-18)15-5-3-2-4-6-15/h2-10,17-22H,11-13H2,1H3/t17-,18+,19-,20+,21?,27+/m1/s1. The van der Waals surface area contributed by atoms with Gasteiger partial charge in [0.25, 0.3) is 0 Å². The molecule has 6 atom stereocenters. The first-order valence-electron chi connectivity index (χ1n) is 9.21. The summed E-state index contributed by atoms with van der Waals surface area (Å²) in [6.07, 6.45) is -1.69. The quantitative estimate of drug-likeness (QED) is 0.873. The van der Waals surface area contributed by atoms with Crippen molar-refractivity contribution in [2.45, 2.75) is 48.9 Å². The molecule has 1 N–H and O–H groups in total. The number of fused-ring (bicyclic) bond motifs is 1. The summed E-state index contributed by atoms with van der Waals surface area (Å²) in [6, 6.07) is 17.3. The van der Waals surface area contributed by atoms with Crippen LogP contribution in [0.4, 0.5) is 0 Å². The van der Waals surface area contributed by atoms with Crippen LogP contribution in [0.3, 0.4) is 0 Å².